The van der Waals surface area contributed by atoms with E-state index in [-0.39, 0.29) is 0 Å². The third kappa shape index (κ3) is 5.24. The zero-order valence-corrected chi connectivity index (χ0v) is 6.26. The SMILES string of the molecule is CN=CC=CC(Cl)=NC. The molecule has 0 radical (unpaired) electrons. The zero-order chi connectivity index (χ0) is 7.11. The molecule has 0 aromatic carbocycles. The van der Waals surface area contributed by atoms with Crippen molar-refractivity contribution in [3.63, 3.8) is 0 Å². The first-order valence-electron chi connectivity index (χ1n) is 2.52. The van der Waals surface area contributed by atoms with E-state index in [1.807, 2.05) is 0 Å². The van der Waals surface area contributed by atoms with Crippen molar-refractivity contribution in [2.24, 2.45) is 9.98 Å². The number of allylic oxidation sites excluding steroid dienone is 2. The quantitative estimate of drug-likeness (QED) is 0.525. The lowest BCUT2D eigenvalue weighted by Crippen LogP contribution is -1.77. The predicted octanol–water partition coefficient (Wildman–Crippen LogP) is 1.51. The highest BCUT2D eigenvalue weighted by Crippen LogP contribution is 1.84. The highest BCUT2D eigenvalue weighted by Gasteiger charge is 1.77. The lowest BCUT2D eigenvalue weighted by Gasteiger charge is -1.78. The van der Waals surface area contributed by atoms with Gasteiger partial charge >= 0.3 is 0 Å². The van der Waals surface area contributed by atoms with Crippen LogP contribution in [0.1, 0.15) is 0 Å². The van der Waals surface area contributed by atoms with Crippen LogP contribution in [0.3, 0.4) is 0 Å². The second-order valence-corrected chi connectivity index (χ2v) is 1.70. The van der Waals surface area contributed by atoms with Gasteiger partial charge in [0.1, 0.15) is 5.17 Å². The molecule has 0 aromatic rings. The third-order valence-corrected chi connectivity index (χ3v) is 0.978. The number of hydrogen-bond acceptors (Lipinski definition) is 2. The Labute approximate surface area is 60.0 Å². The van der Waals surface area contributed by atoms with Crippen LogP contribution in [0.2, 0.25) is 0 Å². The summed E-state index contributed by atoms with van der Waals surface area (Å²) in [5, 5.41) is 0.481. The highest BCUT2D eigenvalue weighted by molar-refractivity contribution is 6.68. The minimum atomic E-state index is 0.481. The lowest BCUT2D eigenvalue weighted by molar-refractivity contribution is 1.46. The zero-order valence-electron chi connectivity index (χ0n) is 5.50. The summed E-state index contributed by atoms with van der Waals surface area (Å²) in [5.41, 5.74) is 0. The fourth-order valence-corrected chi connectivity index (χ4v) is 0.356. The average molecular weight is 145 g/mol. The van der Waals surface area contributed by atoms with Crippen LogP contribution in [-0.4, -0.2) is 25.5 Å². The molecule has 0 atom stereocenters. The minimum absolute atomic E-state index is 0.481. The monoisotopic (exact) mass is 144 g/mol. The lowest BCUT2D eigenvalue weighted by atomic mass is 10.5. The molecule has 0 aliphatic heterocycles. The fraction of sp³-hybridized carbons (Fsp3) is 0.333. The molecular weight excluding hydrogens is 136 g/mol. The van der Waals surface area contributed by atoms with Crippen molar-refractivity contribution in [2.45, 2.75) is 0 Å². The van der Waals surface area contributed by atoms with Crippen LogP contribution in [0.15, 0.2) is 22.1 Å². The fourth-order valence-electron chi connectivity index (χ4n) is 0.283. The first-order valence-corrected chi connectivity index (χ1v) is 2.90. The van der Waals surface area contributed by atoms with Gasteiger partial charge in [0, 0.05) is 20.3 Å². The molecule has 2 nitrogen and oxygen atoms in total. The van der Waals surface area contributed by atoms with Crippen LogP contribution < -0.4 is 0 Å². The predicted molar refractivity (Wildman–Crippen MR) is 42.8 cm³/mol. The van der Waals surface area contributed by atoms with E-state index in [0.29, 0.717) is 5.17 Å². The van der Waals surface area contributed by atoms with Crippen LogP contribution in [0.5, 0.6) is 0 Å². The van der Waals surface area contributed by atoms with Gasteiger partial charge in [-0.15, -0.1) is 0 Å². The van der Waals surface area contributed by atoms with Crippen LogP contribution in [0, 0.1) is 0 Å². The van der Waals surface area contributed by atoms with Gasteiger partial charge in [-0.2, -0.15) is 0 Å². The number of halogens is 1. The highest BCUT2D eigenvalue weighted by atomic mass is 35.5. The minimum Gasteiger partial charge on any atom is -0.297 e. The molecule has 0 amide bonds. The summed E-state index contributed by atoms with van der Waals surface area (Å²) >= 11 is 5.50. The Morgan fingerprint density at radius 2 is 2.11 bits per heavy atom. The second-order valence-electron chi connectivity index (χ2n) is 1.31. The van der Waals surface area contributed by atoms with E-state index in [1.54, 1.807) is 32.5 Å². The van der Waals surface area contributed by atoms with E-state index in [1.165, 1.54) is 0 Å². The van der Waals surface area contributed by atoms with E-state index < -0.39 is 0 Å². The molecule has 50 valence electrons. The van der Waals surface area contributed by atoms with Gasteiger partial charge < -0.3 is 0 Å². The maximum atomic E-state index is 5.50. The van der Waals surface area contributed by atoms with Crippen LogP contribution in [0.4, 0.5) is 0 Å². The Hall–Kier alpha value is -0.630. The first kappa shape index (κ1) is 8.37. The van der Waals surface area contributed by atoms with Gasteiger partial charge in [0.15, 0.2) is 0 Å². The topological polar surface area (TPSA) is 24.7 Å². The Morgan fingerprint density at radius 1 is 1.44 bits per heavy atom. The van der Waals surface area contributed by atoms with Gasteiger partial charge in [-0.1, -0.05) is 11.6 Å². The van der Waals surface area contributed by atoms with Gasteiger partial charge in [-0.3, -0.25) is 9.98 Å². The smallest absolute Gasteiger partial charge is 0.123 e. The van der Waals surface area contributed by atoms with Crippen LogP contribution in [-0.2, 0) is 0 Å². The Morgan fingerprint density at radius 3 is 2.56 bits per heavy atom. The first-order chi connectivity index (χ1) is 4.31. The van der Waals surface area contributed by atoms with Gasteiger partial charge in [0.25, 0.3) is 0 Å². The van der Waals surface area contributed by atoms with E-state index in [0.717, 1.165) is 0 Å². The van der Waals surface area contributed by atoms with E-state index in [9.17, 15) is 0 Å². The molecule has 0 spiro atoms. The molecule has 0 aromatic heterocycles. The maximum Gasteiger partial charge on any atom is 0.123 e. The molecule has 0 saturated carbocycles. The third-order valence-electron chi connectivity index (χ3n) is 0.683. The molecule has 0 N–H and O–H groups in total. The molecule has 0 saturated heterocycles. The normalized spacial score (nSPS) is 13.9. The molecule has 0 bridgehead atoms. The summed E-state index contributed by atoms with van der Waals surface area (Å²) in [6.07, 6.45) is 5.05. The number of nitrogens with zero attached hydrogens (tertiary/aromatic N) is 2. The standard InChI is InChI=1S/C6H9ClN2/c1-8-5-3-4-6(7)9-2/h3-5H,1-2H3. The maximum absolute atomic E-state index is 5.50. The van der Waals surface area contributed by atoms with Crippen LogP contribution in [0.25, 0.3) is 0 Å². The summed E-state index contributed by atoms with van der Waals surface area (Å²) in [6, 6.07) is 0. The molecule has 0 aliphatic rings. The van der Waals surface area contributed by atoms with Crippen molar-refractivity contribution < 1.29 is 0 Å². The summed E-state index contributed by atoms with van der Waals surface area (Å²) in [5.74, 6) is 0. The number of rotatable bonds is 2. The van der Waals surface area contributed by atoms with Gasteiger partial charge in [-0.05, 0) is 12.2 Å². The summed E-state index contributed by atoms with van der Waals surface area (Å²) in [6.45, 7) is 0. The Balaban J connectivity index is 3.71. The van der Waals surface area contributed by atoms with Crippen molar-refractivity contribution in [3.05, 3.63) is 12.2 Å². The van der Waals surface area contributed by atoms with Crippen molar-refractivity contribution in [1.82, 2.24) is 0 Å². The molecule has 3 heteroatoms. The molecule has 0 rings (SSSR count). The van der Waals surface area contributed by atoms with Crippen LogP contribution >= 0.6 is 11.6 Å². The number of aliphatic imine (C=N–C) groups is 2. The molecule has 0 unspecified atom stereocenters. The van der Waals surface area contributed by atoms with Gasteiger partial charge in [0.05, 0.1) is 0 Å². The van der Waals surface area contributed by atoms with E-state index in [2.05, 4.69) is 9.98 Å². The van der Waals surface area contributed by atoms with Crippen molar-refractivity contribution in [1.29, 1.82) is 0 Å². The van der Waals surface area contributed by atoms with Gasteiger partial charge in [-0.25, -0.2) is 0 Å². The summed E-state index contributed by atoms with van der Waals surface area (Å²) < 4.78 is 0. The summed E-state index contributed by atoms with van der Waals surface area (Å²) in [7, 11) is 3.33. The Kier molecular flexibility index (Phi) is 5.12. The van der Waals surface area contributed by atoms with Crippen molar-refractivity contribution in [2.75, 3.05) is 14.1 Å². The van der Waals surface area contributed by atoms with E-state index in [4.69, 9.17) is 11.6 Å². The van der Waals surface area contributed by atoms with Gasteiger partial charge in [0.2, 0.25) is 0 Å². The largest absolute Gasteiger partial charge is 0.297 e. The second kappa shape index (κ2) is 5.51. The number of hydrogen-bond donors (Lipinski definition) is 0. The summed E-state index contributed by atoms with van der Waals surface area (Å²) in [4.78, 5) is 7.41. The van der Waals surface area contributed by atoms with Crippen molar-refractivity contribution >= 4 is 23.0 Å². The Bertz CT molecular complexity index is 147. The molecule has 9 heavy (non-hydrogen) atoms. The van der Waals surface area contributed by atoms with E-state index >= 15 is 0 Å². The molecule has 0 fully saturated rings. The molecular formula is C6H9ClN2. The molecule has 0 aliphatic carbocycles. The average Bonchev–Trinajstić information content (AvgIpc) is 1.89. The van der Waals surface area contributed by atoms with Crippen molar-refractivity contribution in [3.8, 4) is 0 Å². The molecule has 0 heterocycles.